The third kappa shape index (κ3) is 3.29. The van der Waals surface area contributed by atoms with Crippen LogP contribution in [0.1, 0.15) is 0 Å². The Morgan fingerprint density at radius 1 is 0.545 bits per heavy atom. The minimum absolute atomic E-state index is 0.108. The van der Waals surface area contributed by atoms with Crippen molar-refractivity contribution in [2.45, 2.75) is 0 Å². The maximum atomic E-state index is 13.7. The van der Waals surface area contributed by atoms with Crippen molar-refractivity contribution in [2.75, 3.05) is 0 Å². The van der Waals surface area contributed by atoms with Gasteiger partial charge in [0.1, 0.15) is 11.0 Å². The normalized spacial score (nSPS) is 11.2. The van der Waals surface area contributed by atoms with Crippen molar-refractivity contribution >= 4 is 21.9 Å². The van der Waals surface area contributed by atoms with Crippen LogP contribution >= 0.6 is 0 Å². The molecule has 33 heavy (non-hydrogen) atoms. The van der Waals surface area contributed by atoms with Crippen LogP contribution in [0.25, 0.3) is 49.9 Å². The van der Waals surface area contributed by atoms with E-state index in [9.17, 15) is 4.79 Å². The molecule has 3 heterocycles. The van der Waals surface area contributed by atoms with Gasteiger partial charge in [-0.1, -0.05) is 60.7 Å². The molecule has 0 amide bonds. The molecule has 0 N–H and O–H groups in total. The Balaban J connectivity index is 1.72. The second-order valence-electron chi connectivity index (χ2n) is 7.91. The van der Waals surface area contributed by atoms with Gasteiger partial charge in [0.15, 0.2) is 0 Å². The SMILES string of the molecule is O=c1c2cccnc2c2ncccc2n1-c1cc(-c2ccccc2)cc(-c2ccccc2)c1. The first-order valence-electron chi connectivity index (χ1n) is 10.8. The van der Waals surface area contributed by atoms with E-state index in [1.165, 1.54) is 0 Å². The van der Waals surface area contributed by atoms with Crippen LogP contribution in [-0.4, -0.2) is 14.5 Å². The lowest BCUT2D eigenvalue weighted by atomic mass is 9.98. The highest BCUT2D eigenvalue weighted by Crippen LogP contribution is 2.31. The van der Waals surface area contributed by atoms with Crippen molar-refractivity contribution in [3.8, 4) is 27.9 Å². The molecule has 0 spiro atoms. The zero-order valence-corrected chi connectivity index (χ0v) is 17.7. The zero-order valence-electron chi connectivity index (χ0n) is 17.7. The predicted molar refractivity (Wildman–Crippen MR) is 134 cm³/mol. The van der Waals surface area contributed by atoms with E-state index in [-0.39, 0.29) is 5.56 Å². The predicted octanol–water partition coefficient (Wildman–Crippen LogP) is 6.27. The van der Waals surface area contributed by atoms with Crippen LogP contribution in [0.5, 0.6) is 0 Å². The van der Waals surface area contributed by atoms with E-state index in [4.69, 9.17) is 0 Å². The highest BCUT2D eigenvalue weighted by molar-refractivity contribution is 6.01. The van der Waals surface area contributed by atoms with Gasteiger partial charge in [0, 0.05) is 12.4 Å². The van der Waals surface area contributed by atoms with Gasteiger partial charge in [-0.2, -0.15) is 0 Å². The molecule has 0 saturated carbocycles. The first kappa shape index (κ1) is 19.1. The highest BCUT2D eigenvalue weighted by atomic mass is 16.1. The molecule has 0 unspecified atom stereocenters. The molecule has 0 fully saturated rings. The Kier molecular flexibility index (Phi) is 4.55. The molecule has 3 aromatic heterocycles. The van der Waals surface area contributed by atoms with Gasteiger partial charge in [-0.15, -0.1) is 0 Å². The van der Waals surface area contributed by atoms with E-state index < -0.39 is 0 Å². The van der Waals surface area contributed by atoms with Crippen LogP contribution in [0.3, 0.4) is 0 Å². The smallest absolute Gasteiger partial charge is 0.265 e. The van der Waals surface area contributed by atoms with Crippen LogP contribution < -0.4 is 5.56 Å². The molecule has 0 bridgehead atoms. The van der Waals surface area contributed by atoms with Crippen LogP contribution in [0.2, 0.25) is 0 Å². The average molecular weight is 425 g/mol. The number of rotatable bonds is 3. The van der Waals surface area contributed by atoms with Gasteiger partial charge >= 0.3 is 0 Å². The van der Waals surface area contributed by atoms with E-state index in [0.717, 1.165) is 33.5 Å². The first-order chi connectivity index (χ1) is 16.3. The van der Waals surface area contributed by atoms with Crippen LogP contribution in [0.15, 0.2) is 120 Å². The quantitative estimate of drug-likeness (QED) is 0.314. The fraction of sp³-hybridized carbons (Fsp3) is 0. The Bertz CT molecular complexity index is 1620. The molecule has 0 atom stereocenters. The standard InChI is InChI=1S/C29H19N3O/c33-29-25-13-7-15-30-27(25)28-26(14-8-16-31-28)32(29)24-18-22(20-9-3-1-4-10-20)17-23(19-24)21-11-5-2-6-12-21/h1-19H. The van der Waals surface area contributed by atoms with E-state index in [1.807, 2.05) is 54.6 Å². The largest absolute Gasteiger partial charge is 0.275 e. The molecule has 4 heteroatoms. The highest BCUT2D eigenvalue weighted by Gasteiger charge is 2.15. The zero-order chi connectivity index (χ0) is 22.2. The van der Waals surface area contributed by atoms with Gasteiger partial charge < -0.3 is 0 Å². The van der Waals surface area contributed by atoms with Crippen LogP contribution in [0, 0.1) is 0 Å². The summed E-state index contributed by atoms with van der Waals surface area (Å²) in [6.07, 6.45) is 3.44. The van der Waals surface area contributed by atoms with Gasteiger partial charge in [0.2, 0.25) is 0 Å². The minimum Gasteiger partial charge on any atom is -0.275 e. The van der Waals surface area contributed by atoms with Gasteiger partial charge in [-0.25, -0.2) is 0 Å². The summed E-state index contributed by atoms with van der Waals surface area (Å²) in [5.41, 5.74) is 7.02. The molecule has 4 nitrogen and oxygen atoms in total. The van der Waals surface area contributed by atoms with Crippen molar-refractivity contribution in [3.63, 3.8) is 0 Å². The van der Waals surface area contributed by atoms with Gasteiger partial charge in [-0.3, -0.25) is 19.3 Å². The Morgan fingerprint density at radius 3 is 1.76 bits per heavy atom. The Labute approximate surface area is 190 Å². The minimum atomic E-state index is -0.108. The van der Waals surface area contributed by atoms with E-state index in [2.05, 4.69) is 52.4 Å². The molecule has 3 aromatic carbocycles. The molecule has 0 aliphatic carbocycles. The lowest BCUT2D eigenvalue weighted by molar-refractivity contribution is 1.05. The van der Waals surface area contributed by atoms with Crippen molar-refractivity contribution in [1.29, 1.82) is 0 Å². The first-order valence-corrected chi connectivity index (χ1v) is 10.8. The fourth-order valence-electron chi connectivity index (χ4n) is 4.35. The summed E-state index contributed by atoms with van der Waals surface area (Å²) in [4.78, 5) is 22.8. The third-order valence-electron chi connectivity index (χ3n) is 5.88. The Hall–Kier alpha value is -4.57. The number of nitrogens with zero attached hydrogens (tertiary/aromatic N) is 3. The fourth-order valence-corrected chi connectivity index (χ4v) is 4.35. The molecular formula is C29H19N3O. The summed E-state index contributed by atoms with van der Waals surface area (Å²) in [5, 5.41) is 0.551. The summed E-state index contributed by atoms with van der Waals surface area (Å²) in [7, 11) is 0. The summed E-state index contributed by atoms with van der Waals surface area (Å²) in [5.74, 6) is 0. The monoisotopic (exact) mass is 425 g/mol. The number of benzene rings is 3. The van der Waals surface area contributed by atoms with E-state index in [1.54, 1.807) is 23.0 Å². The molecule has 6 rings (SSSR count). The topological polar surface area (TPSA) is 47.8 Å². The molecule has 6 aromatic rings. The summed E-state index contributed by atoms with van der Waals surface area (Å²) in [6, 6.07) is 34.1. The molecule has 0 aliphatic rings. The van der Waals surface area contributed by atoms with E-state index >= 15 is 0 Å². The number of fused-ring (bicyclic) bond motifs is 3. The number of hydrogen-bond donors (Lipinski definition) is 0. The van der Waals surface area contributed by atoms with Gasteiger partial charge in [0.25, 0.3) is 5.56 Å². The van der Waals surface area contributed by atoms with Crippen LogP contribution in [0.4, 0.5) is 0 Å². The number of pyridine rings is 3. The van der Waals surface area contributed by atoms with E-state index in [0.29, 0.717) is 16.4 Å². The second kappa shape index (κ2) is 7.84. The van der Waals surface area contributed by atoms with Crippen molar-refractivity contribution < 1.29 is 0 Å². The summed E-state index contributed by atoms with van der Waals surface area (Å²) >= 11 is 0. The van der Waals surface area contributed by atoms with Crippen molar-refractivity contribution in [2.24, 2.45) is 0 Å². The number of aromatic nitrogens is 3. The maximum Gasteiger partial charge on any atom is 0.265 e. The lowest BCUT2D eigenvalue weighted by Crippen LogP contribution is -2.20. The molecule has 0 radical (unpaired) electrons. The van der Waals surface area contributed by atoms with Crippen molar-refractivity contribution in [1.82, 2.24) is 14.5 Å². The molecule has 0 saturated heterocycles. The second-order valence-corrected chi connectivity index (χ2v) is 7.91. The maximum absolute atomic E-state index is 13.7. The van der Waals surface area contributed by atoms with Crippen LogP contribution in [-0.2, 0) is 0 Å². The molecule has 156 valence electrons. The molecular weight excluding hydrogens is 406 g/mol. The molecule has 0 aliphatic heterocycles. The van der Waals surface area contributed by atoms with Gasteiger partial charge in [0.05, 0.1) is 16.6 Å². The van der Waals surface area contributed by atoms with Crippen molar-refractivity contribution in [3.05, 3.63) is 126 Å². The Morgan fingerprint density at radius 2 is 1.12 bits per heavy atom. The average Bonchev–Trinajstić information content (AvgIpc) is 2.90. The summed E-state index contributed by atoms with van der Waals surface area (Å²) in [6.45, 7) is 0. The van der Waals surface area contributed by atoms with Gasteiger partial charge in [-0.05, 0) is 64.7 Å². The third-order valence-corrected chi connectivity index (χ3v) is 5.88. The lowest BCUT2D eigenvalue weighted by Gasteiger charge is -2.15. The number of hydrogen-bond acceptors (Lipinski definition) is 3. The summed E-state index contributed by atoms with van der Waals surface area (Å²) < 4.78 is 1.76.